The largest absolute Gasteiger partial charge is 0.384 e. The van der Waals surface area contributed by atoms with Gasteiger partial charge in [-0.15, -0.1) is 0 Å². The number of anilines is 2. The Hall–Kier alpha value is -4.86. The predicted octanol–water partition coefficient (Wildman–Crippen LogP) is 3.37. The van der Waals surface area contributed by atoms with Crippen molar-refractivity contribution in [2.45, 2.75) is 19.9 Å². The number of carbonyl (C=O) groups is 2. The summed E-state index contributed by atoms with van der Waals surface area (Å²) < 4.78 is 0. The minimum absolute atomic E-state index is 0.260. The SMILES string of the molecule is CCN(C[C@H](NC(=O)c1ccc2cc(-c3cc(N)nc4[nH]c(C)nc34)[nH]c2c1)C(=O)NC)c1ccccc1. The lowest BCUT2D eigenvalue weighted by molar-refractivity contribution is -0.122. The molecule has 3 aromatic heterocycles. The van der Waals surface area contributed by atoms with Crippen molar-refractivity contribution in [3.8, 4) is 11.3 Å². The smallest absolute Gasteiger partial charge is 0.252 e. The number of nitrogens with zero attached hydrogens (tertiary/aromatic N) is 3. The fourth-order valence-electron chi connectivity index (χ4n) is 4.63. The molecule has 0 fully saturated rings. The van der Waals surface area contributed by atoms with Gasteiger partial charge in [-0.2, -0.15) is 0 Å². The molecular weight excluding hydrogens is 480 g/mol. The van der Waals surface area contributed by atoms with Crippen molar-refractivity contribution in [3.63, 3.8) is 0 Å². The number of imidazole rings is 1. The van der Waals surface area contributed by atoms with Crippen LogP contribution in [0.1, 0.15) is 23.1 Å². The first-order valence-corrected chi connectivity index (χ1v) is 12.4. The molecule has 0 aliphatic heterocycles. The van der Waals surface area contributed by atoms with E-state index in [1.165, 1.54) is 0 Å². The van der Waals surface area contributed by atoms with Crippen LogP contribution in [0.25, 0.3) is 33.3 Å². The monoisotopic (exact) mass is 510 g/mol. The Balaban J connectivity index is 1.41. The van der Waals surface area contributed by atoms with E-state index in [0.717, 1.165) is 33.7 Å². The number of para-hydroxylation sites is 1. The third-order valence-electron chi connectivity index (χ3n) is 6.54. The molecule has 2 aromatic carbocycles. The first-order valence-electron chi connectivity index (χ1n) is 12.4. The molecule has 0 bridgehead atoms. The van der Waals surface area contributed by atoms with E-state index in [4.69, 9.17) is 5.73 Å². The Morgan fingerprint density at radius 2 is 1.84 bits per heavy atom. The van der Waals surface area contributed by atoms with Gasteiger partial charge in [-0.3, -0.25) is 9.59 Å². The zero-order valence-corrected chi connectivity index (χ0v) is 21.5. The highest BCUT2D eigenvalue weighted by molar-refractivity contribution is 6.02. The van der Waals surface area contributed by atoms with Crippen molar-refractivity contribution in [3.05, 3.63) is 72.1 Å². The number of rotatable bonds is 8. The number of nitrogen functional groups attached to an aromatic ring is 1. The Bertz CT molecular complexity index is 1620. The van der Waals surface area contributed by atoms with Crippen molar-refractivity contribution in [2.24, 2.45) is 0 Å². The molecule has 5 rings (SSSR count). The Kier molecular flexibility index (Phi) is 6.69. The van der Waals surface area contributed by atoms with Gasteiger partial charge in [0.05, 0.1) is 0 Å². The second kappa shape index (κ2) is 10.3. The minimum atomic E-state index is -0.737. The predicted molar refractivity (Wildman–Crippen MR) is 150 cm³/mol. The van der Waals surface area contributed by atoms with Crippen LogP contribution in [0, 0.1) is 6.92 Å². The number of nitrogens with two attached hydrogens (primary N) is 1. The summed E-state index contributed by atoms with van der Waals surface area (Å²) in [5.41, 5.74) is 11.2. The second-order valence-electron chi connectivity index (χ2n) is 9.11. The zero-order chi connectivity index (χ0) is 26.8. The molecule has 3 heterocycles. The van der Waals surface area contributed by atoms with Crippen LogP contribution >= 0.6 is 0 Å². The van der Waals surface area contributed by atoms with E-state index in [1.807, 2.05) is 56.3 Å². The van der Waals surface area contributed by atoms with Crippen molar-refractivity contribution in [1.29, 1.82) is 0 Å². The van der Waals surface area contributed by atoms with Crippen LogP contribution in [0.15, 0.2) is 60.7 Å². The van der Waals surface area contributed by atoms with Crippen LogP contribution in [-0.2, 0) is 4.79 Å². The van der Waals surface area contributed by atoms with Gasteiger partial charge in [0, 0.05) is 53.5 Å². The van der Waals surface area contributed by atoms with E-state index in [9.17, 15) is 9.59 Å². The summed E-state index contributed by atoms with van der Waals surface area (Å²) in [5.74, 6) is 0.532. The lowest BCUT2D eigenvalue weighted by atomic mass is 10.1. The molecule has 0 aliphatic carbocycles. The highest BCUT2D eigenvalue weighted by Gasteiger charge is 2.24. The molecule has 0 aliphatic rings. The van der Waals surface area contributed by atoms with Crippen LogP contribution in [0.5, 0.6) is 0 Å². The maximum absolute atomic E-state index is 13.3. The van der Waals surface area contributed by atoms with Gasteiger partial charge < -0.3 is 31.2 Å². The number of aromatic amines is 2. The van der Waals surface area contributed by atoms with E-state index < -0.39 is 6.04 Å². The number of aryl methyl sites for hydroxylation is 1. The third kappa shape index (κ3) is 4.88. The van der Waals surface area contributed by atoms with E-state index in [0.29, 0.717) is 35.6 Å². The topological polar surface area (TPSA) is 145 Å². The fourth-order valence-corrected chi connectivity index (χ4v) is 4.63. The highest BCUT2D eigenvalue weighted by Crippen LogP contribution is 2.30. The summed E-state index contributed by atoms with van der Waals surface area (Å²) >= 11 is 0. The van der Waals surface area contributed by atoms with Gasteiger partial charge in [0.2, 0.25) is 5.91 Å². The molecule has 10 nitrogen and oxygen atoms in total. The maximum atomic E-state index is 13.3. The Morgan fingerprint density at radius 3 is 2.58 bits per heavy atom. The van der Waals surface area contributed by atoms with Crippen LogP contribution in [0.2, 0.25) is 0 Å². The molecular formula is C28H30N8O2. The molecule has 38 heavy (non-hydrogen) atoms. The Labute approximate surface area is 219 Å². The van der Waals surface area contributed by atoms with E-state index in [2.05, 4.69) is 35.5 Å². The third-order valence-corrected chi connectivity index (χ3v) is 6.54. The van der Waals surface area contributed by atoms with Gasteiger partial charge in [-0.05, 0) is 50.2 Å². The molecule has 0 saturated carbocycles. The minimum Gasteiger partial charge on any atom is -0.384 e. The van der Waals surface area contributed by atoms with Crippen LogP contribution in [-0.4, -0.2) is 57.9 Å². The van der Waals surface area contributed by atoms with Gasteiger partial charge in [0.15, 0.2) is 5.65 Å². The van der Waals surface area contributed by atoms with E-state index in [-0.39, 0.29) is 11.8 Å². The lowest BCUT2D eigenvalue weighted by Crippen LogP contribution is -2.52. The van der Waals surface area contributed by atoms with Crippen LogP contribution in [0.4, 0.5) is 11.5 Å². The Morgan fingerprint density at radius 1 is 1.05 bits per heavy atom. The molecule has 5 aromatic rings. The van der Waals surface area contributed by atoms with Gasteiger partial charge in [-0.25, -0.2) is 9.97 Å². The average molecular weight is 511 g/mol. The number of hydrogen-bond acceptors (Lipinski definition) is 6. The average Bonchev–Trinajstić information content (AvgIpc) is 3.52. The van der Waals surface area contributed by atoms with E-state index in [1.54, 1.807) is 25.2 Å². The van der Waals surface area contributed by atoms with E-state index >= 15 is 0 Å². The standard InChI is InChI=1S/C28H30N8O2/c1-4-36(19-8-6-5-7-9-19)15-23(28(38)30-3)34-27(37)18-11-10-17-12-22(33-21(17)13-18)20-14-24(29)35-26-25(20)31-16(2)32-26/h5-14,23,33H,4,15H2,1-3H3,(H,30,38)(H,34,37)(H3,29,31,32,35)/t23-/m0/s1. The number of fused-ring (bicyclic) bond motifs is 2. The van der Waals surface area contributed by atoms with Gasteiger partial charge in [0.25, 0.3) is 5.91 Å². The number of benzene rings is 2. The number of H-pyrrole nitrogens is 2. The van der Waals surface area contributed by atoms with Crippen molar-refractivity contribution in [2.75, 3.05) is 30.8 Å². The summed E-state index contributed by atoms with van der Waals surface area (Å²) in [6.07, 6.45) is 0. The van der Waals surface area contributed by atoms with Crippen LogP contribution in [0.3, 0.4) is 0 Å². The van der Waals surface area contributed by atoms with Crippen molar-refractivity contribution < 1.29 is 9.59 Å². The molecule has 2 amide bonds. The summed E-state index contributed by atoms with van der Waals surface area (Å²) in [6, 6.07) is 18.2. The maximum Gasteiger partial charge on any atom is 0.252 e. The first-order chi connectivity index (χ1) is 18.4. The normalized spacial score (nSPS) is 12.0. The van der Waals surface area contributed by atoms with Crippen LogP contribution < -0.4 is 21.3 Å². The number of carbonyl (C=O) groups excluding carboxylic acids is 2. The summed E-state index contributed by atoms with van der Waals surface area (Å²) in [6.45, 7) is 4.90. The molecule has 0 radical (unpaired) electrons. The van der Waals surface area contributed by atoms with Crippen molar-refractivity contribution >= 4 is 45.4 Å². The number of pyridine rings is 1. The number of aromatic nitrogens is 4. The molecule has 6 N–H and O–H groups in total. The van der Waals surface area contributed by atoms with Gasteiger partial charge in [-0.1, -0.05) is 24.3 Å². The number of hydrogen-bond donors (Lipinski definition) is 5. The molecule has 0 saturated heterocycles. The van der Waals surface area contributed by atoms with Crippen molar-refractivity contribution in [1.82, 2.24) is 30.6 Å². The second-order valence-corrected chi connectivity index (χ2v) is 9.11. The molecule has 0 spiro atoms. The fraction of sp³-hybridized carbons (Fsp3) is 0.214. The summed E-state index contributed by atoms with van der Waals surface area (Å²) in [4.78, 5) is 43.4. The summed E-state index contributed by atoms with van der Waals surface area (Å²) in [7, 11) is 1.57. The number of amides is 2. The molecule has 194 valence electrons. The molecule has 0 unspecified atom stereocenters. The number of likely N-dealkylation sites (N-methyl/N-ethyl adjacent to an activating group) is 2. The highest BCUT2D eigenvalue weighted by atomic mass is 16.2. The molecule has 10 heteroatoms. The lowest BCUT2D eigenvalue weighted by Gasteiger charge is -2.28. The summed E-state index contributed by atoms with van der Waals surface area (Å²) in [5, 5.41) is 6.50. The number of nitrogens with one attached hydrogen (secondary N) is 4. The van der Waals surface area contributed by atoms with Gasteiger partial charge >= 0.3 is 0 Å². The first kappa shape index (κ1) is 24.8. The quantitative estimate of drug-likeness (QED) is 0.216. The molecule has 1 atom stereocenters. The van der Waals surface area contributed by atoms with Gasteiger partial charge in [0.1, 0.15) is 23.2 Å². The zero-order valence-electron chi connectivity index (χ0n) is 21.5.